The number of unbranched alkanes of at least 4 members (excludes halogenated alkanes) is 1. The average molecular weight is 270 g/mol. The van der Waals surface area contributed by atoms with Crippen LogP contribution in [0.1, 0.15) is 56.4 Å². The first-order valence-electron chi connectivity index (χ1n) is 7.73. The predicted molar refractivity (Wildman–Crippen MR) is 87.2 cm³/mol. The van der Waals surface area contributed by atoms with Crippen LogP contribution in [0.25, 0.3) is 10.9 Å². The Balaban J connectivity index is 2.37. The first-order chi connectivity index (χ1) is 9.63. The van der Waals surface area contributed by atoms with Crippen LogP contribution in [0.15, 0.2) is 24.3 Å². The molecule has 108 valence electrons. The van der Waals surface area contributed by atoms with Crippen molar-refractivity contribution >= 4 is 10.9 Å². The summed E-state index contributed by atoms with van der Waals surface area (Å²) < 4.78 is 0. The highest BCUT2D eigenvalue weighted by Crippen LogP contribution is 2.26. The summed E-state index contributed by atoms with van der Waals surface area (Å²) in [4.78, 5) is 4.77. The van der Waals surface area contributed by atoms with E-state index >= 15 is 0 Å². The van der Waals surface area contributed by atoms with Gasteiger partial charge in [0.2, 0.25) is 0 Å². The zero-order chi connectivity index (χ0) is 14.5. The number of nitrogens with one attached hydrogen (secondary N) is 1. The van der Waals surface area contributed by atoms with E-state index in [4.69, 9.17) is 4.98 Å². The maximum Gasteiger partial charge on any atom is 0.0742 e. The van der Waals surface area contributed by atoms with Gasteiger partial charge in [-0.1, -0.05) is 45.4 Å². The van der Waals surface area contributed by atoms with E-state index in [1.54, 1.807) is 0 Å². The molecule has 20 heavy (non-hydrogen) atoms. The molecule has 0 spiro atoms. The number of aromatic nitrogens is 1. The third kappa shape index (κ3) is 3.37. The van der Waals surface area contributed by atoms with Crippen molar-refractivity contribution in [3.63, 3.8) is 0 Å². The summed E-state index contributed by atoms with van der Waals surface area (Å²) in [5.41, 5.74) is 5.00. The minimum Gasteiger partial charge on any atom is -0.313 e. The quantitative estimate of drug-likeness (QED) is 0.779. The van der Waals surface area contributed by atoms with Crippen LogP contribution < -0.4 is 5.32 Å². The second kappa shape index (κ2) is 6.85. The van der Waals surface area contributed by atoms with Crippen LogP contribution in [0.3, 0.4) is 0 Å². The van der Waals surface area contributed by atoms with Crippen molar-refractivity contribution in [2.45, 2.75) is 53.0 Å². The van der Waals surface area contributed by atoms with Gasteiger partial charge in [-0.05, 0) is 43.0 Å². The normalized spacial score (nSPS) is 11.4. The first-order valence-corrected chi connectivity index (χ1v) is 7.73. The largest absolute Gasteiger partial charge is 0.313 e. The Labute approximate surface area is 122 Å². The van der Waals surface area contributed by atoms with Crippen LogP contribution >= 0.6 is 0 Å². The molecule has 2 nitrogen and oxygen atoms in total. The van der Waals surface area contributed by atoms with Crippen LogP contribution in [0.4, 0.5) is 0 Å². The number of nitrogens with zero attached hydrogens (tertiary/aromatic N) is 1. The zero-order valence-corrected chi connectivity index (χ0v) is 13.2. The highest BCUT2D eigenvalue weighted by molar-refractivity contribution is 5.85. The van der Waals surface area contributed by atoms with E-state index < -0.39 is 0 Å². The highest BCUT2D eigenvalue weighted by atomic mass is 14.8. The van der Waals surface area contributed by atoms with Crippen LogP contribution in [0, 0.1) is 6.92 Å². The number of benzene rings is 1. The molecular formula is C18H26N2. The summed E-state index contributed by atoms with van der Waals surface area (Å²) in [6, 6.07) is 8.77. The molecule has 0 aliphatic heterocycles. The summed E-state index contributed by atoms with van der Waals surface area (Å²) in [6.07, 6.45) is 2.47. The molecule has 2 rings (SSSR count). The van der Waals surface area contributed by atoms with Crippen molar-refractivity contribution < 1.29 is 0 Å². The van der Waals surface area contributed by atoms with E-state index in [0.717, 1.165) is 18.8 Å². The van der Waals surface area contributed by atoms with Crippen LogP contribution in [0.2, 0.25) is 0 Å². The van der Waals surface area contributed by atoms with Crippen LogP contribution in [-0.2, 0) is 6.54 Å². The van der Waals surface area contributed by atoms with Gasteiger partial charge in [0.1, 0.15) is 0 Å². The molecule has 0 aliphatic carbocycles. The average Bonchev–Trinajstić information content (AvgIpc) is 2.42. The second-order valence-electron chi connectivity index (χ2n) is 5.85. The molecule has 0 bridgehead atoms. The predicted octanol–water partition coefficient (Wildman–Crippen LogP) is 4.56. The standard InChI is InChI=1S/C18H26N2/c1-5-6-10-19-12-15-11-14(4)20-18-16(13(2)3)8-7-9-17(15)18/h7-9,11,13,19H,5-6,10,12H2,1-4H3. The van der Waals surface area contributed by atoms with E-state index in [9.17, 15) is 0 Å². The van der Waals surface area contributed by atoms with Gasteiger partial charge in [-0.15, -0.1) is 0 Å². The fraction of sp³-hybridized carbons (Fsp3) is 0.500. The Morgan fingerprint density at radius 3 is 2.75 bits per heavy atom. The van der Waals surface area contributed by atoms with Gasteiger partial charge >= 0.3 is 0 Å². The lowest BCUT2D eigenvalue weighted by Crippen LogP contribution is -2.15. The van der Waals surface area contributed by atoms with E-state index in [2.05, 4.69) is 57.3 Å². The number of hydrogen-bond acceptors (Lipinski definition) is 2. The molecular weight excluding hydrogens is 244 g/mol. The smallest absolute Gasteiger partial charge is 0.0742 e. The molecule has 1 aromatic heterocycles. The van der Waals surface area contributed by atoms with Gasteiger partial charge in [0.15, 0.2) is 0 Å². The lowest BCUT2D eigenvalue weighted by molar-refractivity contribution is 0.643. The molecule has 0 amide bonds. The maximum absolute atomic E-state index is 4.77. The van der Waals surface area contributed by atoms with Gasteiger partial charge in [0.05, 0.1) is 5.52 Å². The van der Waals surface area contributed by atoms with Crippen molar-refractivity contribution in [1.82, 2.24) is 10.3 Å². The molecule has 0 aliphatic rings. The van der Waals surface area contributed by atoms with Gasteiger partial charge in [-0.2, -0.15) is 0 Å². The van der Waals surface area contributed by atoms with E-state index in [0.29, 0.717) is 5.92 Å². The summed E-state index contributed by atoms with van der Waals surface area (Å²) in [5, 5.41) is 4.84. The third-order valence-electron chi connectivity index (χ3n) is 3.73. The molecule has 0 saturated heterocycles. The molecule has 0 fully saturated rings. The number of hydrogen-bond donors (Lipinski definition) is 1. The Bertz CT molecular complexity index is 573. The molecule has 2 heteroatoms. The number of para-hydroxylation sites is 1. The summed E-state index contributed by atoms with van der Waals surface area (Å²) >= 11 is 0. The summed E-state index contributed by atoms with van der Waals surface area (Å²) in [7, 11) is 0. The molecule has 0 unspecified atom stereocenters. The number of aryl methyl sites for hydroxylation is 1. The monoisotopic (exact) mass is 270 g/mol. The summed E-state index contributed by atoms with van der Waals surface area (Å²) in [5.74, 6) is 0.508. The minimum absolute atomic E-state index is 0.508. The van der Waals surface area contributed by atoms with Gasteiger partial charge in [0, 0.05) is 17.6 Å². The van der Waals surface area contributed by atoms with E-state index in [-0.39, 0.29) is 0 Å². The zero-order valence-electron chi connectivity index (χ0n) is 13.2. The van der Waals surface area contributed by atoms with Gasteiger partial charge in [-0.3, -0.25) is 4.98 Å². The lowest BCUT2D eigenvalue weighted by atomic mass is 9.97. The first kappa shape index (κ1) is 15.0. The highest BCUT2D eigenvalue weighted by Gasteiger charge is 2.10. The fourth-order valence-electron chi connectivity index (χ4n) is 2.62. The fourth-order valence-corrected chi connectivity index (χ4v) is 2.62. The third-order valence-corrected chi connectivity index (χ3v) is 3.73. The Morgan fingerprint density at radius 1 is 1.25 bits per heavy atom. The Kier molecular flexibility index (Phi) is 5.13. The molecule has 0 atom stereocenters. The number of rotatable bonds is 6. The van der Waals surface area contributed by atoms with Crippen LogP contribution in [0.5, 0.6) is 0 Å². The maximum atomic E-state index is 4.77. The molecule has 0 radical (unpaired) electrons. The van der Waals surface area contributed by atoms with Crippen LogP contribution in [-0.4, -0.2) is 11.5 Å². The minimum atomic E-state index is 0.508. The topological polar surface area (TPSA) is 24.9 Å². The molecule has 1 heterocycles. The van der Waals surface area contributed by atoms with Crippen molar-refractivity contribution in [2.24, 2.45) is 0 Å². The van der Waals surface area contributed by atoms with Gasteiger partial charge in [0.25, 0.3) is 0 Å². The van der Waals surface area contributed by atoms with Crippen molar-refractivity contribution in [2.75, 3.05) is 6.54 Å². The van der Waals surface area contributed by atoms with E-state index in [1.807, 2.05) is 0 Å². The van der Waals surface area contributed by atoms with Crippen molar-refractivity contribution in [3.05, 3.63) is 41.1 Å². The molecule has 2 aromatic rings. The Hall–Kier alpha value is -1.41. The number of fused-ring (bicyclic) bond motifs is 1. The lowest BCUT2D eigenvalue weighted by Gasteiger charge is -2.14. The molecule has 0 saturated carbocycles. The SMILES string of the molecule is CCCCNCc1cc(C)nc2c(C(C)C)cccc12. The second-order valence-corrected chi connectivity index (χ2v) is 5.85. The molecule has 1 aromatic carbocycles. The molecule has 1 N–H and O–H groups in total. The van der Waals surface area contributed by atoms with Gasteiger partial charge in [-0.25, -0.2) is 0 Å². The van der Waals surface area contributed by atoms with Gasteiger partial charge < -0.3 is 5.32 Å². The summed E-state index contributed by atoms with van der Waals surface area (Å²) in [6.45, 7) is 10.8. The number of pyridine rings is 1. The van der Waals surface area contributed by atoms with E-state index in [1.165, 1.54) is 34.9 Å². The van der Waals surface area contributed by atoms with Crippen molar-refractivity contribution in [1.29, 1.82) is 0 Å². The van der Waals surface area contributed by atoms with Crippen molar-refractivity contribution in [3.8, 4) is 0 Å². The Morgan fingerprint density at radius 2 is 2.05 bits per heavy atom.